The predicted molar refractivity (Wildman–Crippen MR) is 67.4 cm³/mol. The second kappa shape index (κ2) is 5.03. The molecule has 1 unspecified atom stereocenters. The van der Waals surface area contributed by atoms with Crippen molar-refractivity contribution in [3.8, 4) is 0 Å². The SMILES string of the molecule is CC1CCCCN1c1ccc(/C(N)=N/O)cn1. The Kier molecular flexibility index (Phi) is 3.46. The van der Waals surface area contributed by atoms with Crippen LogP contribution in [0.25, 0.3) is 0 Å². The molecular weight excluding hydrogens is 216 g/mol. The zero-order valence-electron chi connectivity index (χ0n) is 10.0. The van der Waals surface area contributed by atoms with Crippen molar-refractivity contribution in [1.82, 2.24) is 4.98 Å². The molecule has 1 fully saturated rings. The number of hydrogen-bond donors (Lipinski definition) is 2. The molecule has 0 spiro atoms. The Hall–Kier alpha value is -1.78. The first-order valence-electron chi connectivity index (χ1n) is 5.93. The standard InChI is InChI=1S/C12H18N4O/c1-9-4-2-3-7-16(9)11-6-5-10(8-14-11)12(13)15-17/h5-6,8-9,17H,2-4,7H2,1H3,(H2,13,15). The average Bonchev–Trinajstić information content (AvgIpc) is 2.39. The highest BCUT2D eigenvalue weighted by Gasteiger charge is 2.19. The molecule has 1 aliphatic heterocycles. The number of pyridine rings is 1. The largest absolute Gasteiger partial charge is 0.409 e. The molecule has 5 heteroatoms. The van der Waals surface area contributed by atoms with Crippen LogP contribution in [0.3, 0.4) is 0 Å². The lowest BCUT2D eigenvalue weighted by Crippen LogP contribution is -2.38. The van der Waals surface area contributed by atoms with Crippen LogP contribution >= 0.6 is 0 Å². The highest BCUT2D eigenvalue weighted by atomic mass is 16.4. The molecule has 5 nitrogen and oxygen atoms in total. The summed E-state index contributed by atoms with van der Waals surface area (Å²) in [5.41, 5.74) is 6.14. The molecule has 1 aromatic heterocycles. The van der Waals surface area contributed by atoms with Gasteiger partial charge in [-0.05, 0) is 38.3 Å². The van der Waals surface area contributed by atoms with Gasteiger partial charge in [-0.1, -0.05) is 5.16 Å². The normalized spacial score (nSPS) is 21.6. The van der Waals surface area contributed by atoms with Crippen molar-refractivity contribution < 1.29 is 5.21 Å². The summed E-state index contributed by atoms with van der Waals surface area (Å²) in [6.07, 6.45) is 5.36. The molecule has 1 saturated heterocycles. The van der Waals surface area contributed by atoms with Gasteiger partial charge in [-0.15, -0.1) is 0 Å². The van der Waals surface area contributed by atoms with Gasteiger partial charge in [-0.25, -0.2) is 4.98 Å². The summed E-state index contributed by atoms with van der Waals surface area (Å²) in [5, 5.41) is 11.5. The number of nitrogens with two attached hydrogens (primary N) is 1. The third-order valence-corrected chi connectivity index (χ3v) is 3.25. The number of nitrogens with zero attached hydrogens (tertiary/aromatic N) is 3. The maximum Gasteiger partial charge on any atom is 0.171 e. The Bertz CT molecular complexity index is 401. The fraction of sp³-hybridized carbons (Fsp3) is 0.500. The van der Waals surface area contributed by atoms with Gasteiger partial charge in [0.1, 0.15) is 5.82 Å². The van der Waals surface area contributed by atoms with E-state index in [9.17, 15) is 0 Å². The molecule has 92 valence electrons. The van der Waals surface area contributed by atoms with Crippen molar-refractivity contribution in [2.24, 2.45) is 10.9 Å². The topological polar surface area (TPSA) is 74.7 Å². The number of anilines is 1. The van der Waals surface area contributed by atoms with Crippen molar-refractivity contribution in [1.29, 1.82) is 0 Å². The third-order valence-electron chi connectivity index (χ3n) is 3.25. The van der Waals surface area contributed by atoms with Gasteiger partial charge in [0, 0.05) is 24.3 Å². The van der Waals surface area contributed by atoms with E-state index in [-0.39, 0.29) is 5.84 Å². The molecule has 2 rings (SSSR count). The minimum absolute atomic E-state index is 0.0933. The number of hydrogen-bond acceptors (Lipinski definition) is 4. The van der Waals surface area contributed by atoms with Gasteiger partial charge in [0.25, 0.3) is 0 Å². The summed E-state index contributed by atoms with van der Waals surface area (Å²) < 4.78 is 0. The van der Waals surface area contributed by atoms with E-state index in [4.69, 9.17) is 10.9 Å². The van der Waals surface area contributed by atoms with E-state index in [1.807, 2.05) is 12.1 Å². The third kappa shape index (κ3) is 2.49. The van der Waals surface area contributed by atoms with E-state index in [0.29, 0.717) is 11.6 Å². The Morgan fingerprint density at radius 2 is 2.35 bits per heavy atom. The summed E-state index contributed by atoms with van der Waals surface area (Å²) >= 11 is 0. The van der Waals surface area contributed by atoms with Crippen molar-refractivity contribution in [3.05, 3.63) is 23.9 Å². The first kappa shape index (κ1) is 11.7. The second-order valence-corrected chi connectivity index (χ2v) is 4.43. The molecule has 0 saturated carbocycles. The van der Waals surface area contributed by atoms with Crippen LogP contribution in [0.1, 0.15) is 31.7 Å². The maximum absolute atomic E-state index is 8.57. The molecular formula is C12H18N4O. The van der Waals surface area contributed by atoms with Crippen LogP contribution in [0.2, 0.25) is 0 Å². The first-order valence-corrected chi connectivity index (χ1v) is 5.93. The van der Waals surface area contributed by atoms with E-state index in [1.54, 1.807) is 6.20 Å². The van der Waals surface area contributed by atoms with Crippen LogP contribution in [-0.2, 0) is 0 Å². The molecule has 0 amide bonds. The van der Waals surface area contributed by atoms with E-state index in [0.717, 1.165) is 12.4 Å². The van der Waals surface area contributed by atoms with Crippen LogP contribution < -0.4 is 10.6 Å². The van der Waals surface area contributed by atoms with Crippen molar-refractivity contribution >= 4 is 11.7 Å². The fourth-order valence-corrected chi connectivity index (χ4v) is 2.20. The molecule has 3 N–H and O–H groups in total. The molecule has 0 aromatic carbocycles. The quantitative estimate of drug-likeness (QED) is 0.352. The summed E-state index contributed by atoms with van der Waals surface area (Å²) in [5.74, 6) is 1.06. The molecule has 1 aromatic rings. The van der Waals surface area contributed by atoms with Crippen LogP contribution in [0.4, 0.5) is 5.82 Å². The van der Waals surface area contributed by atoms with Gasteiger partial charge < -0.3 is 15.8 Å². The molecule has 0 aliphatic carbocycles. The molecule has 1 aliphatic rings. The van der Waals surface area contributed by atoms with Crippen LogP contribution in [0.5, 0.6) is 0 Å². The number of rotatable bonds is 2. The summed E-state index contributed by atoms with van der Waals surface area (Å²) in [4.78, 5) is 6.68. The maximum atomic E-state index is 8.57. The highest BCUT2D eigenvalue weighted by molar-refractivity contribution is 5.96. The zero-order chi connectivity index (χ0) is 12.3. The Labute approximate surface area is 101 Å². The number of oxime groups is 1. The van der Waals surface area contributed by atoms with Gasteiger partial charge in [0.05, 0.1) is 0 Å². The lowest BCUT2D eigenvalue weighted by atomic mass is 10.0. The smallest absolute Gasteiger partial charge is 0.171 e. The van der Waals surface area contributed by atoms with Gasteiger partial charge >= 0.3 is 0 Å². The second-order valence-electron chi connectivity index (χ2n) is 4.43. The molecule has 17 heavy (non-hydrogen) atoms. The minimum atomic E-state index is 0.0933. The minimum Gasteiger partial charge on any atom is -0.409 e. The first-order chi connectivity index (χ1) is 8.22. The van der Waals surface area contributed by atoms with Gasteiger partial charge in [-0.2, -0.15) is 0 Å². The van der Waals surface area contributed by atoms with Crippen molar-refractivity contribution in [2.75, 3.05) is 11.4 Å². The van der Waals surface area contributed by atoms with Crippen molar-refractivity contribution in [2.45, 2.75) is 32.2 Å². The predicted octanol–water partition coefficient (Wildman–Crippen LogP) is 1.55. The molecule has 0 bridgehead atoms. The lowest BCUT2D eigenvalue weighted by Gasteiger charge is -2.34. The number of piperidine rings is 1. The lowest BCUT2D eigenvalue weighted by molar-refractivity contribution is 0.318. The van der Waals surface area contributed by atoms with E-state index < -0.39 is 0 Å². The van der Waals surface area contributed by atoms with E-state index >= 15 is 0 Å². The average molecular weight is 234 g/mol. The molecule has 0 radical (unpaired) electrons. The van der Waals surface area contributed by atoms with Crippen LogP contribution in [-0.4, -0.2) is 28.6 Å². The number of aromatic nitrogens is 1. The number of amidine groups is 1. The molecule has 2 heterocycles. The monoisotopic (exact) mass is 234 g/mol. The Morgan fingerprint density at radius 3 is 2.94 bits per heavy atom. The Balaban J connectivity index is 2.17. The summed E-state index contributed by atoms with van der Waals surface area (Å²) in [6.45, 7) is 3.27. The van der Waals surface area contributed by atoms with E-state index in [1.165, 1.54) is 19.3 Å². The Morgan fingerprint density at radius 1 is 1.53 bits per heavy atom. The van der Waals surface area contributed by atoms with Crippen LogP contribution in [0.15, 0.2) is 23.5 Å². The van der Waals surface area contributed by atoms with E-state index in [2.05, 4.69) is 22.0 Å². The summed E-state index contributed by atoms with van der Waals surface area (Å²) in [7, 11) is 0. The highest BCUT2D eigenvalue weighted by Crippen LogP contribution is 2.22. The van der Waals surface area contributed by atoms with Crippen molar-refractivity contribution in [3.63, 3.8) is 0 Å². The zero-order valence-corrected chi connectivity index (χ0v) is 10.0. The summed E-state index contributed by atoms with van der Waals surface area (Å²) in [6, 6.07) is 4.29. The molecule has 1 atom stereocenters. The van der Waals surface area contributed by atoms with Gasteiger partial charge in [0.15, 0.2) is 5.84 Å². The van der Waals surface area contributed by atoms with Gasteiger partial charge in [0.2, 0.25) is 0 Å². The fourth-order valence-electron chi connectivity index (χ4n) is 2.20. The van der Waals surface area contributed by atoms with Gasteiger partial charge in [-0.3, -0.25) is 0 Å². The van der Waals surface area contributed by atoms with Crippen LogP contribution in [0, 0.1) is 0 Å².